The topological polar surface area (TPSA) is 105 Å². The van der Waals surface area contributed by atoms with Gasteiger partial charge in [0.15, 0.2) is 0 Å². The number of piperazine rings is 1. The van der Waals surface area contributed by atoms with Gasteiger partial charge >= 0.3 is 0 Å². The number of hydrogen-bond acceptors (Lipinski definition) is 7. The van der Waals surface area contributed by atoms with E-state index >= 15 is 0 Å². The van der Waals surface area contributed by atoms with Gasteiger partial charge in [-0.25, -0.2) is 18.4 Å². The van der Waals surface area contributed by atoms with Crippen LogP contribution < -0.4 is 10.6 Å². The summed E-state index contributed by atoms with van der Waals surface area (Å²) in [6.07, 6.45) is 7.43. The van der Waals surface area contributed by atoms with E-state index in [2.05, 4.69) is 45.2 Å². The smallest absolute Gasteiger partial charge is 0.243 e. The number of benzene rings is 1. The number of anilines is 2. The van der Waals surface area contributed by atoms with Crippen molar-refractivity contribution in [3.05, 3.63) is 61.2 Å². The maximum Gasteiger partial charge on any atom is 0.243 e. The summed E-state index contributed by atoms with van der Waals surface area (Å²) in [7, 11) is -3.55. The van der Waals surface area contributed by atoms with Crippen LogP contribution in [0.1, 0.15) is 19.9 Å². The highest BCUT2D eigenvalue weighted by atomic mass is 32.2. The quantitative estimate of drug-likeness (QED) is 0.438. The molecule has 0 amide bonds. The summed E-state index contributed by atoms with van der Waals surface area (Å²) in [5.74, 6) is 0.397. The second-order valence-electron chi connectivity index (χ2n) is 8.51. The number of hydrogen-bond donors (Lipinski definition) is 2. The zero-order valence-electron chi connectivity index (χ0n) is 19.1. The molecule has 0 aliphatic carbocycles. The van der Waals surface area contributed by atoms with Gasteiger partial charge in [0.25, 0.3) is 0 Å². The van der Waals surface area contributed by atoms with Crippen molar-refractivity contribution in [1.82, 2.24) is 29.1 Å². The van der Waals surface area contributed by atoms with Crippen molar-refractivity contribution in [2.75, 3.05) is 31.5 Å². The summed E-state index contributed by atoms with van der Waals surface area (Å²) in [5.41, 5.74) is 3.43. The molecular formula is C24H27N7O2S. The fourth-order valence-corrected chi connectivity index (χ4v) is 5.68. The summed E-state index contributed by atoms with van der Waals surface area (Å²) in [4.78, 5) is 13.6. The van der Waals surface area contributed by atoms with Gasteiger partial charge < -0.3 is 15.2 Å². The van der Waals surface area contributed by atoms with E-state index in [1.165, 1.54) is 4.31 Å². The molecule has 0 atom stereocenters. The summed E-state index contributed by atoms with van der Waals surface area (Å²) < 4.78 is 29.8. The van der Waals surface area contributed by atoms with Crippen LogP contribution in [0.2, 0.25) is 0 Å². The minimum absolute atomic E-state index is 0.253. The molecule has 4 heterocycles. The van der Waals surface area contributed by atoms with Gasteiger partial charge in [0, 0.05) is 67.4 Å². The van der Waals surface area contributed by atoms with Gasteiger partial charge in [0.1, 0.15) is 0 Å². The lowest BCUT2D eigenvalue weighted by molar-refractivity contribution is 0.360. The van der Waals surface area contributed by atoms with Gasteiger partial charge in [-0.1, -0.05) is 6.07 Å². The van der Waals surface area contributed by atoms with Gasteiger partial charge in [0.05, 0.1) is 22.3 Å². The Kier molecular flexibility index (Phi) is 6.03. The molecule has 1 saturated heterocycles. The maximum atomic E-state index is 13.0. The van der Waals surface area contributed by atoms with Gasteiger partial charge in [-0.05, 0) is 44.2 Å². The monoisotopic (exact) mass is 477 g/mol. The average molecular weight is 478 g/mol. The highest BCUT2D eigenvalue weighted by molar-refractivity contribution is 7.89. The number of nitrogens with zero attached hydrogens (tertiary/aromatic N) is 5. The molecule has 1 aromatic carbocycles. The van der Waals surface area contributed by atoms with Gasteiger partial charge in [-0.3, -0.25) is 4.98 Å². The van der Waals surface area contributed by atoms with E-state index in [1.54, 1.807) is 30.6 Å². The first-order valence-electron chi connectivity index (χ1n) is 11.3. The molecule has 9 nitrogen and oxygen atoms in total. The standard InChI is InChI=1S/C24H27N7O2S/c1-17(2)31-16-21(20-6-8-26-15-23(20)31)22-7-9-27-24(29-22)28-18-4-3-5-19(14-18)34(32,33)30-12-10-25-11-13-30/h3-9,14-17,25H,10-13H2,1-2H3,(H,27,28,29). The second kappa shape index (κ2) is 9.13. The SMILES string of the molecule is CC(C)n1cc(-c2ccnc(Nc3cccc(S(=O)(=O)N4CCNCC4)c3)n2)c2ccncc21. The van der Waals surface area contributed by atoms with Gasteiger partial charge in [-0.15, -0.1) is 0 Å². The van der Waals surface area contributed by atoms with Crippen molar-refractivity contribution >= 4 is 32.6 Å². The van der Waals surface area contributed by atoms with Crippen LogP contribution >= 0.6 is 0 Å². The number of sulfonamides is 1. The normalized spacial score (nSPS) is 15.1. The Morgan fingerprint density at radius 3 is 2.71 bits per heavy atom. The zero-order chi connectivity index (χ0) is 23.7. The van der Waals surface area contributed by atoms with Gasteiger partial charge in [-0.2, -0.15) is 4.31 Å². The third-order valence-electron chi connectivity index (χ3n) is 5.93. The van der Waals surface area contributed by atoms with Crippen LogP contribution in [-0.4, -0.2) is 58.4 Å². The molecule has 10 heteroatoms. The van der Waals surface area contributed by atoms with E-state index in [1.807, 2.05) is 24.4 Å². The molecule has 0 radical (unpaired) electrons. The Bertz CT molecular complexity index is 1430. The first-order chi connectivity index (χ1) is 16.4. The zero-order valence-corrected chi connectivity index (χ0v) is 20.0. The van der Waals surface area contributed by atoms with Crippen LogP contribution in [-0.2, 0) is 10.0 Å². The van der Waals surface area contributed by atoms with Crippen LogP contribution in [0.4, 0.5) is 11.6 Å². The third-order valence-corrected chi connectivity index (χ3v) is 7.82. The lowest BCUT2D eigenvalue weighted by Gasteiger charge is -2.26. The number of rotatable bonds is 6. The fraction of sp³-hybridized carbons (Fsp3) is 0.292. The summed E-state index contributed by atoms with van der Waals surface area (Å²) in [5, 5.41) is 7.42. The average Bonchev–Trinajstić information content (AvgIpc) is 3.25. The molecule has 0 saturated carbocycles. The van der Waals surface area contributed by atoms with Crippen LogP contribution in [0, 0.1) is 0 Å². The van der Waals surface area contributed by atoms with Crippen LogP contribution in [0.3, 0.4) is 0 Å². The van der Waals surface area contributed by atoms with E-state index in [4.69, 9.17) is 4.98 Å². The van der Waals surface area contributed by atoms with Crippen LogP contribution in [0.25, 0.3) is 22.2 Å². The molecule has 1 aliphatic heterocycles. The lowest BCUT2D eigenvalue weighted by atomic mass is 10.1. The van der Waals surface area contributed by atoms with Crippen LogP contribution in [0.5, 0.6) is 0 Å². The molecule has 1 fully saturated rings. The number of aromatic nitrogens is 4. The van der Waals surface area contributed by atoms with Crippen molar-refractivity contribution in [3.8, 4) is 11.3 Å². The molecule has 176 valence electrons. The van der Waals surface area contributed by atoms with Gasteiger partial charge in [0.2, 0.25) is 16.0 Å². The highest BCUT2D eigenvalue weighted by Gasteiger charge is 2.26. The van der Waals surface area contributed by atoms with Crippen molar-refractivity contribution < 1.29 is 8.42 Å². The van der Waals surface area contributed by atoms with Crippen molar-refractivity contribution in [2.45, 2.75) is 24.8 Å². The number of nitrogens with one attached hydrogen (secondary N) is 2. The third kappa shape index (κ3) is 4.27. The lowest BCUT2D eigenvalue weighted by Crippen LogP contribution is -2.46. The van der Waals surface area contributed by atoms with E-state index in [0.717, 1.165) is 22.2 Å². The molecule has 5 rings (SSSR count). The minimum Gasteiger partial charge on any atom is -0.343 e. The van der Waals surface area contributed by atoms with Crippen molar-refractivity contribution in [1.29, 1.82) is 0 Å². The number of fused-ring (bicyclic) bond motifs is 1. The fourth-order valence-electron chi connectivity index (χ4n) is 4.20. The Labute approximate surface area is 198 Å². The molecule has 3 aromatic heterocycles. The Morgan fingerprint density at radius 1 is 1.09 bits per heavy atom. The van der Waals surface area contributed by atoms with E-state index < -0.39 is 10.0 Å². The van der Waals surface area contributed by atoms with E-state index in [0.29, 0.717) is 37.8 Å². The molecule has 0 bridgehead atoms. The molecule has 0 unspecified atom stereocenters. The summed E-state index contributed by atoms with van der Waals surface area (Å²) >= 11 is 0. The molecule has 34 heavy (non-hydrogen) atoms. The first-order valence-corrected chi connectivity index (χ1v) is 12.7. The predicted octanol–water partition coefficient (Wildman–Crippen LogP) is 3.41. The Hall–Kier alpha value is -3.34. The molecule has 4 aromatic rings. The highest BCUT2D eigenvalue weighted by Crippen LogP contribution is 2.31. The Balaban J connectivity index is 1.45. The second-order valence-corrected chi connectivity index (χ2v) is 10.4. The van der Waals surface area contributed by atoms with Crippen molar-refractivity contribution in [3.63, 3.8) is 0 Å². The Morgan fingerprint density at radius 2 is 1.91 bits per heavy atom. The molecule has 0 spiro atoms. The molecule has 2 N–H and O–H groups in total. The van der Waals surface area contributed by atoms with Crippen LogP contribution in [0.15, 0.2) is 66.1 Å². The summed E-state index contributed by atoms with van der Waals surface area (Å²) in [6.45, 7) is 6.49. The maximum absolute atomic E-state index is 13.0. The largest absolute Gasteiger partial charge is 0.343 e. The first kappa shape index (κ1) is 22.5. The van der Waals surface area contributed by atoms with E-state index in [-0.39, 0.29) is 10.9 Å². The van der Waals surface area contributed by atoms with E-state index in [9.17, 15) is 8.42 Å². The molecular weight excluding hydrogens is 450 g/mol. The molecule has 1 aliphatic rings. The summed E-state index contributed by atoms with van der Waals surface area (Å²) in [6, 6.07) is 10.9. The predicted molar refractivity (Wildman–Crippen MR) is 132 cm³/mol. The number of pyridine rings is 1. The minimum atomic E-state index is -3.55. The van der Waals surface area contributed by atoms with Crippen molar-refractivity contribution in [2.24, 2.45) is 0 Å².